The first-order valence-electron chi connectivity index (χ1n) is 7.62. The van der Waals surface area contributed by atoms with Gasteiger partial charge < -0.3 is 14.2 Å². The van der Waals surface area contributed by atoms with Gasteiger partial charge in [0.15, 0.2) is 6.29 Å². The van der Waals surface area contributed by atoms with Gasteiger partial charge in [0.05, 0.1) is 6.61 Å². The van der Waals surface area contributed by atoms with Gasteiger partial charge in [-0.1, -0.05) is 45.4 Å². The fraction of sp³-hybridized carbons (Fsp3) is 0.933. The number of hydrogen-bond acceptors (Lipinski definition) is 4. The highest BCUT2D eigenvalue weighted by Gasteiger charge is 2.26. The molecule has 1 heterocycles. The maximum absolute atomic E-state index is 10.7. The van der Waals surface area contributed by atoms with Crippen LogP contribution in [0.1, 0.15) is 65.2 Å². The third-order valence-corrected chi connectivity index (χ3v) is 3.33. The quantitative estimate of drug-likeness (QED) is 0.451. The third-order valence-electron chi connectivity index (χ3n) is 3.33. The van der Waals surface area contributed by atoms with E-state index in [-0.39, 0.29) is 18.4 Å². The molecule has 112 valence electrons. The third kappa shape index (κ3) is 8.22. The van der Waals surface area contributed by atoms with Crippen LogP contribution in [0.3, 0.4) is 0 Å². The van der Waals surface area contributed by atoms with E-state index < -0.39 is 0 Å². The van der Waals surface area contributed by atoms with E-state index in [1.54, 1.807) is 0 Å². The van der Waals surface area contributed by atoms with Crippen LogP contribution in [-0.4, -0.2) is 31.6 Å². The van der Waals surface area contributed by atoms with Crippen molar-refractivity contribution in [2.24, 2.45) is 0 Å². The molecule has 1 aliphatic rings. The van der Waals surface area contributed by atoms with Gasteiger partial charge in [-0.05, 0) is 12.8 Å². The van der Waals surface area contributed by atoms with Crippen molar-refractivity contribution in [3.8, 4) is 0 Å². The minimum absolute atomic E-state index is 0.0848. The van der Waals surface area contributed by atoms with E-state index in [9.17, 15) is 4.79 Å². The van der Waals surface area contributed by atoms with Crippen molar-refractivity contribution in [2.45, 2.75) is 77.6 Å². The fourth-order valence-corrected chi connectivity index (χ4v) is 2.23. The molecule has 0 aromatic rings. The molecule has 0 N–H and O–H groups in total. The molecule has 0 unspecified atom stereocenters. The number of rotatable bonds is 10. The fourth-order valence-electron chi connectivity index (χ4n) is 2.23. The Bertz CT molecular complexity index is 242. The van der Waals surface area contributed by atoms with Crippen molar-refractivity contribution in [1.82, 2.24) is 0 Å². The Kier molecular flexibility index (Phi) is 8.84. The number of ether oxygens (including phenoxy) is 3. The minimum atomic E-state index is -0.265. The van der Waals surface area contributed by atoms with Crippen LogP contribution in [0.5, 0.6) is 0 Å². The first kappa shape index (κ1) is 16.4. The molecule has 0 aromatic heterocycles. The molecular weight excluding hydrogens is 244 g/mol. The van der Waals surface area contributed by atoms with Crippen molar-refractivity contribution in [1.29, 1.82) is 0 Å². The smallest absolute Gasteiger partial charge is 0.302 e. The number of esters is 1. The van der Waals surface area contributed by atoms with Crippen molar-refractivity contribution in [2.75, 3.05) is 13.2 Å². The molecule has 0 bridgehead atoms. The summed E-state index contributed by atoms with van der Waals surface area (Å²) in [6, 6.07) is 0. The largest absolute Gasteiger partial charge is 0.463 e. The van der Waals surface area contributed by atoms with Crippen molar-refractivity contribution >= 4 is 5.97 Å². The van der Waals surface area contributed by atoms with Gasteiger partial charge in [-0.15, -0.1) is 0 Å². The van der Waals surface area contributed by atoms with E-state index in [0.717, 1.165) is 12.8 Å². The Hall–Kier alpha value is -0.610. The number of unbranched alkanes of at least 4 members (excludes halogenated alkanes) is 6. The summed E-state index contributed by atoms with van der Waals surface area (Å²) in [5.41, 5.74) is 0. The normalized spacial score (nSPS) is 22.6. The van der Waals surface area contributed by atoms with Crippen LogP contribution in [0.4, 0.5) is 0 Å². The Morgan fingerprint density at radius 2 is 1.84 bits per heavy atom. The molecule has 0 radical (unpaired) electrons. The van der Waals surface area contributed by atoms with Gasteiger partial charge >= 0.3 is 5.97 Å². The molecule has 1 fully saturated rings. The van der Waals surface area contributed by atoms with E-state index >= 15 is 0 Å². The van der Waals surface area contributed by atoms with E-state index in [2.05, 4.69) is 6.92 Å². The highest BCUT2D eigenvalue weighted by atomic mass is 16.7. The van der Waals surface area contributed by atoms with E-state index in [0.29, 0.717) is 13.2 Å². The lowest BCUT2D eigenvalue weighted by atomic mass is 10.1. The minimum Gasteiger partial charge on any atom is -0.463 e. The summed E-state index contributed by atoms with van der Waals surface area (Å²) in [5.74, 6) is -0.265. The van der Waals surface area contributed by atoms with Crippen LogP contribution in [0.2, 0.25) is 0 Å². The summed E-state index contributed by atoms with van der Waals surface area (Å²) in [5, 5.41) is 0. The molecule has 2 atom stereocenters. The van der Waals surface area contributed by atoms with E-state index in [1.165, 1.54) is 45.4 Å². The van der Waals surface area contributed by atoms with Crippen molar-refractivity contribution < 1.29 is 19.0 Å². The van der Waals surface area contributed by atoms with E-state index in [1.807, 2.05) is 0 Å². The molecule has 0 saturated carbocycles. The highest BCUT2D eigenvalue weighted by molar-refractivity contribution is 5.65. The Morgan fingerprint density at radius 3 is 2.53 bits per heavy atom. The first-order valence-corrected chi connectivity index (χ1v) is 7.62. The monoisotopic (exact) mass is 272 g/mol. The van der Waals surface area contributed by atoms with Gasteiger partial charge in [0, 0.05) is 6.92 Å². The standard InChI is InChI=1S/C15H28O4/c1-3-4-5-6-7-8-9-10-15-18-12-14(19-15)11-17-13(2)16/h14-15H,3-12H2,1-2H3/t14-,15-/m1/s1. The van der Waals surface area contributed by atoms with Crippen LogP contribution in [0.25, 0.3) is 0 Å². The summed E-state index contributed by atoms with van der Waals surface area (Å²) >= 11 is 0. The molecule has 1 aliphatic heterocycles. The van der Waals surface area contributed by atoms with Gasteiger partial charge in [0.25, 0.3) is 0 Å². The summed E-state index contributed by atoms with van der Waals surface area (Å²) < 4.78 is 16.1. The molecule has 0 aromatic carbocycles. The number of carbonyl (C=O) groups is 1. The van der Waals surface area contributed by atoms with Gasteiger partial charge in [-0.25, -0.2) is 0 Å². The maximum Gasteiger partial charge on any atom is 0.302 e. The van der Waals surface area contributed by atoms with Crippen LogP contribution in [0.15, 0.2) is 0 Å². The highest BCUT2D eigenvalue weighted by Crippen LogP contribution is 2.18. The molecule has 0 aliphatic carbocycles. The predicted molar refractivity (Wildman–Crippen MR) is 73.9 cm³/mol. The zero-order valence-corrected chi connectivity index (χ0v) is 12.4. The molecule has 1 saturated heterocycles. The zero-order valence-electron chi connectivity index (χ0n) is 12.4. The molecule has 4 nitrogen and oxygen atoms in total. The lowest BCUT2D eigenvalue weighted by molar-refractivity contribution is -0.145. The SMILES string of the molecule is CCCCCCCCC[C@@H]1OC[C@@H](COC(C)=O)O1. The van der Waals surface area contributed by atoms with Gasteiger partial charge in [0.1, 0.15) is 12.7 Å². The van der Waals surface area contributed by atoms with E-state index in [4.69, 9.17) is 14.2 Å². The van der Waals surface area contributed by atoms with Crippen LogP contribution >= 0.6 is 0 Å². The molecular formula is C15H28O4. The summed E-state index contributed by atoms with van der Waals surface area (Å²) in [4.78, 5) is 10.7. The lowest BCUT2D eigenvalue weighted by Crippen LogP contribution is -2.20. The summed E-state index contributed by atoms with van der Waals surface area (Å²) in [7, 11) is 0. The predicted octanol–water partition coefficient (Wildman–Crippen LogP) is 3.43. The second-order valence-electron chi connectivity index (χ2n) is 5.23. The van der Waals surface area contributed by atoms with Gasteiger partial charge in [-0.3, -0.25) is 4.79 Å². The first-order chi connectivity index (χ1) is 9.22. The average molecular weight is 272 g/mol. The summed E-state index contributed by atoms with van der Waals surface area (Å²) in [6.07, 6.45) is 9.83. The molecule has 19 heavy (non-hydrogen) atoms. The topological polar surface area (TPSA) is 44.8 Å². The second kappa shape index (κ2) is 10.2. The van der Waals surface area contributed by atoms with Gasteiger partial charge in [0.2, 0.25) is 0 Å². The van der Waals surface area contributed by atoms with Crippen molar-refractivity contribution in [3.63, 3.8) is 0 Å². The average Bonchev–Trinajstić information content (AvgIpc) is 2.83. The van der Waals surface area contributed by atoms with Crippen LogP contribution < -0.4 is 0 Å². The molecule has 4 heteroatoms. The number of carbonyl (C=O) groups excluding carboxylic acids is 1. The maximum atomic E-state index is 10.7. The Balaban J connectivity index is 1.92. The molecule has 0 amide bonds. The van der Waals surface area contributed by atoms with Crippen LogP contribution in [0, 0.1) is 0 Å². The molecule has 1 rings (SSSR count). The number of hydrogen-bond donors (Lipinski definition) is 0. The second-order valence-corrected chi connectivity index (χ2v) is 5.23. The summed E-state index contributed by atoms with van der Waals surface area (Å²) in [6.45, 7) is 4.49. The lowest BCUT2D eigenvalue weighted by Gasteiger charge is -2.11. The molecule has 0 spiro atoms. The Labute approximate surface area is 116 Å². The van der Waals surface area contributed by atoms with Crippen molar-refractivity contribution in [3.05, 3.63) is 0 Å². The van der Waals surface area contributed by atoms with Crippen LogP contribution in [-0.2, 0) is 19.0 Å². The van der Waals surface area contributed by atoms with Gasteiger partial charge in [-0.2, -0.15) is 0 Å². The Morgan fingerprint density at radius 1 is 1.16 bits per heavy atom. The zero-order chi connectivity index (χ0) is 13.9.